The first-order valence-corrected chi connectivity index (χ1v) is 7.20. The molecule has 0 aliphatic rings. The number of ether oxygens (including phenoxy) is 1. The number of benzene rings is 2. The lowest BCUT2D eigenvalue weighted by Gasteiger charge is -2.16. The van der Waals surface area contributed by atoms with Gasteiger partial charge in [-0.05, 0) is 44.5 Å². The highest BCUT2D eigenvalue weighted by molar-refractivity contribution is 5.90. The van der Waals surface area contributed by atoms with Crippen LogP contribution in [0.5, 0.6) is 0 Å². The number of hydrogen-bond donors (Lipinski definition) is 1. The molecule has 0 fully saturated rings. The van der Waals surface area contributed by atoms with Crippen molar-refractivity contribution in [1.29, 1.82) is 0 Å². The second-order valence-corrected chi connectivity index (χ2v) is 5.08. The predicted molar refractivity (Wildman–Crippen MR) is 85.6 cm³/mol. The zero-order valence-corrected chi connectivity index (χ0v) is 12.7. The Hall–Kier alpha value is -2.29. The van der Waals surface area contributed by atoms with Gasteiger partial charge in [0.05, 0.1) is 12.2 Å². The van der Waals surface area contributed by atoms with Crippen LogP contribution in [0.25, 0.3) is 0 Å². The second kappa shape index (κ2) is 6.93. The summed E-state index contributed by atoms with van der Waals surface area (Å²) >= 11 is 0. The van der Waals surface area contributed by atoms with Crippen molar-refractivity contribution in [1.82, 2.24) is 0 Å². The molecule has 2 rings (SSSR count). The number of rotatable bonds is 5. The molecule has 3 heteroatoms. The van der Waals surface area contributed by atoms with Crippen molar-refractivity contribution < 1.29 is 9.53 Å². The van der Waals surface area contributed by atoms with Gasteiger partial charge in [0.2, 0.25) is 0 Å². The Morgan fingerprint density at radius 3 is 2.57 bits per heavy atom. The molecular weight excluding hydrogens is 262 g/mol. The van der Waals surface area contributed by atoms with Gasteiger partial charge in [-0.3, -0.25) is 0 Å². The van der Waals surface area contributed by atoms with Gasteiger partial charge in [0.1, 0.15) is 0 Å². The summed E-state index contributed by atoms with van der Waals surface area (Å²) in [6, 6.07) is 16.0. The second-order valence-electron chi connectivity index (χ2n) is 5.08. The first-order valence-electron chi connectivity index (χ1n) is 7.20. The van der Waals surface area contributed by atoms with Gasteiger partial charge in [0, 0.05) is 11.7 Å². The van der Waals surface area contributed by atoms with Gasteiger partial charge in [-0.1, -0.05) is 35.9 Å². The summed E-state index contributed by atoms with van der Waals surface area (Å²) < 4.78 is 5.02. The van der Waals surface area contributed by atoms with Crippen molar-refractivity contribution in [3.05, 3.63) is 65.2 Å². The van der Waals surface area contributed by atoms with Gasteiger partial charge in [-0.2, -0.15) is 0 Å². The molecule has 0 radical (unpaired) electrons. The zero-order valence-electron chi connectivity index (χ0n) is 12.7. The maximum atomic E-state index is 11.7. The van der Waals surface area contributed by atoms with Crippen molar-refractivity contribution in [2.45, 2.75) is 26.8 Å². The zero-order chi connectivity index (χ0) is 15.2. The first-order chi connectivity index (χ1) is 10.1. The highest BCUT2D eigenvalue weighted by atomic mass is 16.5. The molecule has 1 unspecified atom stereocenters. The quantitative estimate of drug-likeness (QED) is 0.829. The summed E-state index contributed by atoms with van der Waals surface area (Å²) in [4.78, 5) is 11.7. The minimum atomic E-state index is -0.288. The minimum absolute atomic E-state index is 0.169. The Morgan fingerprint density at radius 1 is 1.19 bits per heavy atom. The Kier molecular flexibility index (Phi) is 4.99. The van der Waals surface area contributed by atoms with Crippen LogP contribution in [0.15, 0.2) is 48.5 Å². The molecule has 0 aromatic heterocycles. The molecular formula is C18H21NO2. The maximum absolute atomic E-state index is 11.7. The molecule has 0 spiro atoms. The van der Waals surface area contributed by atoms with Crippen LogP contribution >= 0.6 is 0 Å². The normalized spacial score (nSPS) is 11.8. The number of nitrogens with one attached hydrogen (secondary N) is 1. The van der Waals surface area contributed by atoms with Crippen LogP contribution in [0.3, 0.4) is 0 Å². The van der Waals surface area contributed by atoms with E-state index in [9.17, 15) is 4.79 Å². The summed E-state index contributed by atoms with van der Waals surface area (Å²) in [6.07, 6.45) is 0. The average Bonchev–Trinajstić information content (AvgIpc) is 2.48. The molecule has 0 saturated carbocycles. The third kappa shape index (κ3) is 4.09. The van der Waals surface area contributed by atoms with Gasteiger partial charge in [0.25, 0.3) is 0 Å². The molecule has 0 amide bonds. The number of esters is 1. The molecule has 0 bridgehead atoms. The van der Waals surface area contributed by atoms with Crippen LogP contribution in [-0.2, 0) is 4.74 Å². The fourth-order valence-corrected chi connectivity index (χ4v) is 2.14. The van der Waals surface area contributed by atoms with E-state index in [1.165, 1.54) is 11.1 Å². The Morgan fingerprint density at radius 2 is 1.90 bits per heavy atom. The van der Waals surface area contributed by atoms with Crippen LogP contribution in [-0.4, -0.2) is 12.6 Å². The van der Waals surface area contributed by atoms with Gasteiger partial charge in [0.15, 0.2) is 0 Å². The lowest BCUT2D eigenvalue weighted by molar-refractivity contribution is 0.0526. The van der Waals surface area contributed by atoms with E-state index in [1.54, 1.807) is 13.0 Å². The van der Waals surface area contributed by atoms with E-state index in [4.69, 9.17) is 4.74 Å². The van der Waals surface area contributed by atoms with E-state index in [2.05, 4.69) is 43.4 Å². The van der Waals surface area contributed by atoms with E-state index >= 15 is 0 Å². The highest BCUT2D eigenvalue weighted by Gasteiger charge is 2.09. The Balaban J connectivity index is 2.10. The van der Waals surface area contributed by atoms with Crippen molar-refractivity contribution in [2.24, 2.45) is 0 Å². The monoisotopic (exact) mass is 283 g/mol. The summed E-state index contributed by atoms with van der Waals surface area (Å²) in [5, 5.41) is 3.41. The lowest BCUT2D eigenvalue weighted by atomic mass is 10.1. The minimum Gasteiger partial charge on any atom is -0.462 e. The molecule has 0 aliphatic carbocycles. The molecule has 2 aromatic carbocycles. The Bertz CT molecular complexity index is 605. The third-order valence-electron chi connectivity index (χ3n) is 3.33. The largest absolute Gasteiger partial charge is 0.462 e. The average molecular weight is 283 g/mol. The molecule has 2 aromatic rings. The topological polar surface area (TPSA) is 38.3 Å². The van der Waals surface area contributed by atoms with Crippen LogP contribution in [0.2, 0.25) is 0 Å². The standard InChI is InChI=1S/C18H21NO2/c1-4-21-18(20)16-6-5-7-17(12-16)19-14(3)15-10-8-13(2)9-11-15/h5-12,14,19H,4H2,1-3H3. The van der Waals surface area contributed by atoms with Crippen molar-refractivity contribution in [3.8, 4) is 0 Å². The van der Waals surface area contributed by atoms with E-state index in [0.717, 1.165) is 5.69 Å². The van der Waals surface area contributed by atoms with Crippen molar-refractivity contribution >= 4 is 11.7 Å². The molecule has 1 atom stereocenters. The van der Waals surface area contributed by atoms with Gasteiger partial charge < -0.3 is 10.1 Å². The molecule has 21 heavy (non-hydrogen) atoms. The highest BCUT2D eigenvalue weighted by Crippen LogP contribution is 2.20. The van der Waals surface area contributed by atoms with E-state index in [-0.39, 0.29) is 12.0 Å². The molecule has 0 heterocycles. The summed E-state index contributed by atoms with van der Waals surface area (Å²) in [5.74, 6) is -0.288. The number of aryl methyl sites for hydroxylation is 1. The smallest absolute Gasteiger partial charge is 0.338 e. The summed E-state index contributed by atoms with van der Waals surface area (Å²) in [7, 11) is 0. The molecule has 0 saturated heterocycles. The van der Waals surface area contributed by atoms with Crippen LogP contribution < -0.4 is 5.32 Å². The molecule has 110 valence electrons. The number of anilines is 1. The van der Waals surface area contributed by atoms with Gasteiger partial charge >= 0.3 is 5.97 Å². The Labute approximate surface area is 126 Å². The van der Waals surface area contributed by atoms with Gasteiger partial charge in [-0.15, -0.1) is 0 Å². The van der Waals surface area contributed by atoms with E-state index < -0.39 is 0 Å². The van der Waals surface area contributed by atoms with Crippen molar-refractivity contribution in [2.75, 3.05) is 11.9 Å². The molecule has 3 nitrogen and oxygen atoms in total. The van der Waals surface area contributed by atoms with Crippen LogP contribution in [0, 0.1) is 6.92 Å². The van der Waals surface area contributed by atoms with Crippen LogP contribution in [0.1, 0.15) is 41.4 Å². The number of hydrogen-bond acceptors (Lipinski definition) is 3. The maximum Gasteiger partial charge on any atom is 0.338 e. The third-order valence-corrected chi connectivity index (χ3v) is 3.33. The molecule has 0 aliphatic heterocycles. The fourth-order valence-electron chi connectivity index (χ4n) is 2.14. The van der Waals surface area contributed by atoms with Gasteiger partial charge in [-0.25, -0.2) is 4.79 Å². The van der Waals surface area contributed by atoms with E-state index in [1.807, 2.05) is 18.2 Å². The summed E-state index contributed by atoms with van der Waals surface area (Å²) in [5.41, 5.74) is 3.93. The number of carbonyl (C=O) groups is 1. The van der Waals surface area contributed by atoms with Crippen LogP contribution in [0.4, 0.5) is 5.69 Å². The first kappa shape index (κ1) is 15.1. The lowest BCUT2D eigenvalue weighted by Crippen LogP contribution is -2.08. The van der Waals surface area contributed by atoms with Crippen molar-refractivity contribution in [3.63, 3.8) is 0 Å². The predicted octanol–water partition coefficient (Wildman–Crippen LogP) is 4.34. The van der Waals surface area contributed by atoms with E-state index in [0.29, 0.717) is 12.2 Å². The summed E-state index contributed by atoms with van der Waals surface area (Å²) in [6.45, 7) is 6.36. The SMILES string of the molecule is CCOC(=O)c1cccc(NC(C)c2ccc(C)cc2)c1. The fraction of sp³-hybridized carbons (Fsp3) is 0.278. The number of carbonyl (C=O) groups excluding carboxylic acids is 1. The molecule has 1 N–H and O–H groups in total.